The highest BCUT2D eigenvalue weighted by Crippen LogP contribution is 2.31. The summed E-state index contributed by atoms with van der Waals surface area (Å²) < 4.78 is 21.8. The summed E-state index contributed by atoms with van der Waals surface area (Å²) in [5.74, 6) is 1.20. The predicted octanol–water partition coefficient (Wildman–Crippen LogP) is 4.50. The molecule has 3 aromatic rings. The minimum Gasteiger partial charge on any atom is -0.493 e. The lowest BCUT2D eigenvalue weighted by molar-refractivity contribution is -0.121. The van der Waals surface area contributed by atoms with Crippen LogP contribution >= 0.6 is 0 Å². The molecule has 1 atom stereocenters. The first-order chi connectivity index (χ1) is 14.4. The molecule has 1 aromatic heterocycles. The van der Waals surface area contributed by atoms with E-state index in [-0.39, 0.29) is 18.4 Å². The summed E-state index contributed by atoms with van der Waals surface area (Å²) >= 11 is 0. The van der Waals surface area contributed by atoms with Crippen molar-refractivity contribution >= 4 is 16.9 Å². The van der Waals surface area contributed by atoms with Crippen molar-refractivity contribution < 1.29 is 23.4 Å². The molecule has 0 aliphatic carbocycles. The fraction of sp³-hybridized carbons (Fsp3) is 0.375. The fourth-order valence-electron chi connectivity index (χ4n) is 3.38. The van der Waals surface area contributed by atoms with Crippen LogP contribution in [-0.2, 0) is 16.0 Å². The second-order valence-electron chi connectivity index (χ2n) is 7.36. The Morgan fingerprint density at radius 3 is 2.63 bits per heavy atom. The third-order valence-corrected chi connectivity index (χ3v) is 5.30. The summed E-state index contributed by atoms with van der Waals surface area (Å²) in [6.45, 7) is 6.96. The van der Waals surface area contributed by atoms with Crippen LogP contribution in [0.2, 0.25) is 0 Å². The van der Waals surface area contributed by atoms with Crippen LogP contribution in [0.1, 0.15) is 35.2 Å². The molecule has 0 aliphatic heterocycles. The molecule has 0 radical (unpaired) electrons. The van der Waals surface area contributed by atoms with E-state index in [4.69, 9.17) is 18.6 Å². The van der Waals surface area contributed by atoms with Crippen LogP contribution in [0.4, 0.5) is 0 Å². The van der Waals surface area contributed by atoms with Crippen molar-refractivity contribution in [2.75, 3.05) is 27.4 Å². The number of hydrogen-bond donors (Lipinski definition) is 1. The van der Waals surface area contributed by atoms with Crippen LogP contribution in [0.25, 0.3) is 11.0 Å². The first-order valence-corrected chi connectivity index (χ1v) is 10.00. The average molecular weight is 411 g/mol. The molecule has 1 heterocycles. The molecule has 0 aliphatic rings. The van der Waals surface area contributed by atoms with E-state index in [1.54, 1.807) is 20.5 Å². The van der Waals surface area contributed by atoms with Gasteiger partial charge in [0.25, 0.3) is 0 Å². The van der Waals surface area contributed by atoms with Crippen LogP contribution in [0.3, 0.4) is 0 Å². The number of fused-ring (bicyclic) bond motifs is 1. The van der Waals surface area contributed by atoms with E-state index < -0.39 is 0 Å². The number of methoxy groups -OCH3 is 2. The molecule has 1 amide bonds. The van der Waals surface area contributed by atoms with E-state index in [9.17, 15) is 4.79 Å². The van der Waals surface area contributed by atoms with E-state index in [0.29, 0.717) is 24.7 Å². The highest BCUT2D eigenvalue weighted by atomic mass is 16.5. The fourth-order valence-corrected chi connectivity index (χ4v) is 3.38. The molecule has 0 fully saturated rings. The molecule has 160 valence electrons. The van der Waals surface area contributed by atoms with Crippen molar-refractivity contribution in [3.8, 4) is 11.5 Å². The van der Waals surface area contributed by atoms with Gasteiger partial charge in [-0.3, -0.25) is 4.79 Å². The third-order valence-electron chi connectivity index (χ3n) is 5.30. The zero-order valence-electron chi connectivity index (χ0n) is 18.2. The Bertz CT molecular complexity index is 1020. The molecule has 0 spiro atoms. The van der Waals surface area contributed by atoms with Gasteiger partial charge in [0.15, 0.2) is 11.5 Å². The highest BCUT2D eigenvalue weighted by molar-refractivity contribution is 5.89. The van der Waals surface area contributed by atoms with Gasteiger partial charge in [-0.05, 0) is 49.6 Å². The highest BCUT2D eigenvalue weighted by Gasteiger charge is 2.16. The number of nitrogens with one attached hydrogen (secondary N) is 1. The summed E-state index contributed by atoms with van der Waals surface area (Å²) in [6.07, 6.45) is 1.94. The minimum absolute atomic E-state index is 0.0668. The summed E-state index contributed by atoms with van der Waals surface area (Å²) in [6, 6.07) is 9.55. The SMILES string of the molecule is COCCOc1ccc(C(C)NC(=O)Cc2coc3c(C)c(C)ccc23)cc1OC. The molecule has 0 bridgehead atoms. The van der Waals surface area contributed by atoms with Gasteiger partial charge in [0.2, 0.25) is 5.91 Å². The number of ether oxygens (including phenoxy) is 3. The van der Waals surface area contributed by atoms with Crippen LogP contribution in [0, 0.1) is 13.8 Å². The van der Waals surface area contributed by atoms with E-state index >= 15 is 0 Å². The van der Waals surface area contributed by atoms with Gasteiger partial charge >= 0.3 is 0 Å². The van der Waals surface area contributed by atoms with Crippen molar-refractivity contribution in [2.24, 2.45) is 0 Å². The van der Waals surface area contributed by atoms with E-state index in [0.717, 1.165) is 27.7 Å². The quantitative estimate of drug-likeness (QED) is 0.525. The summed E-state index contributed by atoms with van der Waals surface area (Å²) in [5.41, 5.74) is 4.94. The molecule has 3 rings (SSSR count). The molecule has 1 N–H and O–H groups in total. The van der Waals surface area contributed by atoms with Crippen LogP contribution in [-0.4, -0.2) is 33.3 Å². The number of benzene rings is 2. The lowest BCUT2D eigenvalue weighted by Crippen LogP contribution is -2.28. The first-order valence-electron chi connectivity index (χ1n) is 10.00. The molecule has 1 unspecified atom stereocenters. The van der Waals surface area contributed by atoms with Gasteiger partial charge in [0.05, 0.1) is 32.4 Å². The zero-order chi connectivity index (χ0) is 21.7. The van der Waals surface area contributed by atoms with Gasteiger partial charge in [-0.1, -0.05) is 18.2 Å². The van der Waals surface area contributed by atoms with E-state index in [1.807, 2.05) is 45.0 Å². The summed E-state index contributed by atoms with van der Waals surface area (Å²) in [5, 5.41) is 4.04. The molecule has 0 saturated heterocycles. The first kappa shape index (κ1) is 21.7. The monoisotopic (exact) mass is 411 g/mol. The number of aryl methyl sites for hydroxylation is 2. The van der Waals surface area contributed by atoms with E-state index in [1.165, 1.54) is 5.56 Å². The van der Waals surface area contributed by atoms with Crippen molar-refractivity contribution in [1.29, 1.82) is 0 Å². The minimum atomic E-state index is -0.179. The Balaban J connectivity index is 1.68. The topological polar surface area (TPSA) is 69.9 Å². The molecule has 2 aromatic carbocycles. The normalized spacial score (nSPS) is 12.0. The Hall–Kier alpha value is -2.99. The van der Waals surface area contributed by atoms with Gasteiger partial charge in [-0.15, -0.1) is 0 Å². The molecule has 0 saturated carbocycles. The van der Waals surface area contributed by atoms with Gasteiger partial charge in [0.1, 0.15) is 12.2 Å². The van der Waals surface area contributed by atoms with Gasteiger partial charge in [-0.2, -0.15) is 0 Å². The predicted molar refractivity (Wildman–Crippen MR) is 116 cm³/mol. The summed E-state index contributed by atoms with van der Waals surface area (Å²) in [7, 11) is 3.22. The van der Waals surface area contributed by atoms with Crippen LogP contribution < -0.4 is 14.8 Å². The number of furan rings is 1. The van der Waals surface area contributed by atoms with Gasteiger partial charge in [-0.25, -0.2) is 0 Å². The van der Waals surface area contributed by atoms with Crippen LogP contribution in [0.15, 0.2) is 41.0 Å². The van der Waals surface area contributed by atoms with Crippen LogP contribution in [0.5, 0.6) is 11.5 Å². The standard InChI is InChI=1S/C24H29NO5/c1-15-6-8-20-19(14-30-24(20)16(15)2)13-23(26)25-17(3)18-7-9-21(22(12-18)28-5)29-11-10-27-4/h6-9,12,14,17H,10-11,13H2,1-5H3,(H,25,26). The lowest BCUT2D eigenvalue weighted by Gasteiger charge is -2.17. The zero-order valence-corrected chi connectivity index (χ0v) is 18.2. The lowest BCUT2D eigenvalue weighted by atomic mass is 10.0. The molecule has 6 heteroatoms. The second kappa shape index (κ2) is 9.67. The Morgan fingerprint density at radius 2 is 1.90 bits per heavy atom. The van der Waals surface area contributed by atoms with Crippen molar-refractivity contribution in [3.63, 3.8) is 0 Å². The molecule has 6 nitrogen and oxygen atoms in total. The van der Waals surface area contributed by atoms with Crippen molar-refractivity contribution in [3.05, 3.63) is 58.8 Å². The molecular formula is C24H29NO5. The average Bonchev–Trinajstić information content (AvgIpc) is 3.14. The maximum absolute atomic E-state index is 12.7. The Labute approximate surface area is 177 Å². The smallest absolute Gasteiger partial charge is 0.225 e. The number of hydrogen-bond acceptors (Lipinski definition) is 5. The number of rotatable bonds is 9. The summed E-state index contributed by atoms with van der Waals surface area (Å²) in [4.78, 5) is 12.7. The Morgan fingerprint density at radius 1 is 1.10 bits per heavy atom. The van der Waals surface area contributed by atoms with E-state index in [2.05, 4.69) is 11.4 Å². The third kappa shape index (κ3) is 4.76. The number of amides is 1. The van der Waals surface area contributed by atoms with Gasteiger partial charge in [0, 0.05) is 18.1 Å². The second-order valence-corrected chi connectivity index (χ2v) is 7.36. The molecular weight excluding hydrogens is 382 g/mol. The molecule has 30 heavy (non-hydrogen) atoms. The van der Waals surface area contributed by atoms with Crippen molar-refractivity contribution in [1.82, 2.24) is 5.32 Å². The largest absolute Gasteiger partial charge is 0.493 e. The number of carbonyl (C=O) groups excluding carboxylic acids is 1. The maximum Gasteiger partial charge on any atom is 0.225 e. The maximum atomic E-state index is 12.7. The van der Waals surface area contributed by atoms with Gasteiger partial charge < -0.3 is 23.9 Å². The Kier molecular flexibility index (Phi) is 7.00. The van der Waals surface area contributed by atoms with Crippen molar-refractivity contribution in [2.45, 2.75) is 33.2 Å². The number of carbonyl (C=O) groups is 1.